The Morgan fingerprint density at radius 3 is 2.22 bits per heavy atom. The van der Waals surface area contributed by atoms with Crippen LogP contribution in [0.15, 0.2) is 83.8 Å². The van der Waals surface area contributed by atoms with Gasteiger partial charge in [-0.1, -0.05) is 42.5 Å². The lowest BCUT2D eigenvalue weighted by Crippen LogP contribution is -2.55. The Morgan fingerprint density at radius 2 is 1.57 bits per heavy atom. The van der Waals surface area contributed by atoms with Crippen LogP contribution in [0, 0.1) is 0 Å². The van der Waals surface area contributed by atoms with Crippen molar-refractivity contribution < 1.29 is 22.7 Å². The molecule has 1 aliphatic rings. The molecule has 8 nitrogen and oxygen atoms in total. The second-order valence-corrected chi connectivity index (χ2v) is 10.5. The number of sulfonamides is 1. The number of anilines is 1. The van der Waals surface area contributed by atoms with E-state index in [1.54, 1.807) is 24.1 Å². The molecular formula is C28H33N3O5S. The maximum atomic E-state index is 13.7. The van der Waals surface area contributed by atoms with Gasteiger partial charge in [-0.05, 0) is 55.3 Å². The van der Waals surface area contributed by atoms with E-state index in [0.29, 0.717) is 38.5 Å². The molecule has 1 heterocycles. The van der Waals surface area contributed by atoms with Crippen molar-refractivity contribution in [3.8, 4) is 11.5 Å². The van der Waals surface area contributed by atoms with Crippen LogP contribution in [0.5, 0.6) is 11.5 Å². The van der Waals surface area contributed by atoms with Gasteiger partial charge in [0.1, 0.15) is 17.5 Å². The number of benzene rings is 3. The molecule has 0 spiro atoms. The first kappa shape index (κ1) is 26.5. The molecule has 1 fully saturated rings. The van der Waals surface area contributed by atoms with E-state index in [-0.39, 0.29) is 17.2 Å². The number of para-hydroxylation sites is 2. The van der Waals surface area contributed by atoms with Crippen molar-refractivity contribution >= 4 is 21.6 Å². The molecule has 1 amide bonds. The quantitative estimate of drug-likeness (QED) is 0.439. The predicted octanol–water partition coefficient (Wildman–Crippen LogP) is 3.33. The second kappa shape index (κ2) is 12.1. The Labute approximate surface area is 218 Å². The lowest BCUT2D eigenvalue weighted by molar-refractivity contribution is -0.133. The number of methoxy groups -OCH3 is 1. The lowest BCUT2D eigenvalue weighted by atomic mass is 10.1. The Kier molecular flexibility index (Phi) is 8.68. The number of amides is 1. The van der Waals surface area contributed by atoms with Crippen molar-refractivity contribution in [2.75, 3.05) is 44.8 Å². The average molecular weight is 524 g/mol. The molecule has 37 heavy (non-hydrogen) atoms. The number of hydrogen-bond acceptors (Lipinski definition) is 6. The fourth-order valence-corrected chi connectivity index (χ4v) is 5.63. The smallest absolute Gasteiger partial charge is 0.241 e. The zero-order chi connectivity index (χ0) is 26.3. The zero-order valence-corrected chi connectivity index (χ0v) is 22.0. The van der Waals surface area contributed by atoms with E-state index in [1.165, 1.54) is 12.1 Å². The molecule has 9 heteroatoms. The molecule has 196 valence electrons. The number of piperazine rings is 1. The van der Waals surface area contributed by atoms with Crippen molar-refractivity contribution in [2.24, 2.45) is 0 Å². The van der Waals surface area contributed by atoms with E-state index in [2.05, 4.69) is 9.62 Å². The molecule has 1 atom stereocenters. The third-order valence-corrected chi connectivity index (χ3v) is 7.83. The highest BCUT2D eigenvalue weighted by Crippen LogP contribution is 2.28. The summed E-state index contributed by atoms with van der Waals surface area (Å²) in [6.45, 7) is 4.55. The number of carbonyl (C=O) groups excluding carboxylic acids is 1. The first-order chi connectivity index (χ1) is 17.9. The molecule has 1 aliphatic heterocycles. The van der Waals surface area contributed by atoms with Crippen LogP contribution in [0.25, 0.3) is 0 Å². The third kappa shape index (κ3) is 6.61. The van der Waals surface area contributed by atoms with Crippen LogP contribution in [0.3, 0.4) is 0 Å². The molecule has 0 bridgehead atoms. The highest BCUT2D eigenvalue weighted by Gasteiger charge is 2.32. The van der Waals surface area contributed by atoms with E-state index in [9.17, 15) is 13.2 Å². The van der Waals surface area contributed by atoms with E-state index in [4.69, 9.17) is 9.47 Å². The molecule has 3 aromatic carbocycles. The number of nitrogens with one attached hydrogen (secondary N) is 1. The number of nitrogens with zero attached hydrogens (tertiary/aromatic N) is 2. The van der Waals surface area contributed by atoms with Crippen LogP contribution in [0.2, 0.25) is 0 Å². The van der Waals surface area contributed by atoms with Crippen LogP contribution in [-0.2, 0) is 21.2 Å². The minimum Gasteiger partial charge on any atom is -0.495 e. The van der Waals surface area contributed by atoms with Gasteiger partial charge in [0.2, 0.25) is 15.9 Å². The van der Waals surface area contributed by atoms with Crippen LogP contribution in [-0.4, -0.2) is 65.2 Å². The average Bonchev–Trinajstić information content (AvgIpc) is 2.93. The normalized spacial score (nSPS) is 14.8. The molecule has 0 saturated carbocycles. The Balaban J connectivity index is 1.50. The first-order valence-electron chi connectivity index (χ1n) is 12.4. The minimum absolute atomic E-state index is 0.0859. The van der Waals surface area contributed by atoms with Gasteiger partial charge in [-0.25, -0.2) is 8.42 Å². The fraction of sp³-hybridized carbons (Fsp3) is 0.321. The second-order valence-electron chi connectivity index (χ2n) is 8.75. The minimum atomic E-state index is -3.94. The van der Waals surface area contributed by atoms with Crippen molar-refractivity contribution in [1.82, 2.24) is 9.62 Å². The SMILES string of the molecule is CCOc1ccc(S(=O)(=O)NC(Cc2ccccc2)C(=O)N2CCN(c3ccccc3OC)CC2)cc1. The largest absolute Gasteiger partial charge is 0.495 e. The van der Waals surface area contributed by atoms with Crippen LogP contribution < -0.4 is 19.1 Å². The molecule has 3 aromatic rings. The molecule has 1 saturated heterocycles. The van der Waals surface area contributed by atoms with Crippen molar-refractivity contribution in [2.45, 2.75) is 24.3 Å². The van der Waals surface area contributed by atoms with Gasteiger partial charge >= 0.3 is 0 Å². The van der Waals surface area contributed by atoms with Crippen LogP contribution >= 0.6 is 0 Å². The van der Waals surface area contributed by atoms with Crippen molar-refractivity contribution in [3.05, 3.63) is 84.4 Å². The van der Waals surface area contributed by atoms with Crippen molar-refractivity contribution in [3.63, 3.8) is 0 Å². The number of carbonyl (C=O) groups is 1. The van der Waals surface area contributed by atoms with E-state index < -0.39 is 16.1 Å². The molecule has 1 unspecified atom stereocenters. The van der Waals surface area contributed by atoms with Gasteiger partial charge in [-0.2, -0.15) is 4.72 Å². The molecule has 0 aliphatic carbocycles. The number of hydrogen-bond donors (Lipinski definition) is 1. The van der Waals surface area contributed by atoms with Crippen molar-refractivity contribution in [1.29, 1.82) is 0 Å². The zero-order valence-electron chi connectivity index (χ0n) is 21.2. The third-order valence-electron chi connectivity index (χ3n) is 6.34. The maximum Gasteiger partial charge on any atom is 0.241 e. The Morgan fingerprint density at radius 1 is 0.919 bits per heavy atom. The number of ether oxygens (including phenoxy) is 2. The monoisotopic (exact) mass is 523 g/mol. The summed E-state index contributed by atoms with van der Waals surface area (Å²) in [5, 5.41) is 0. The number of rotatable bonds is 10. The lowest BCUT2D eigenvalue weighted by Gasteiger charge is -2.38. The van der Waals surface area contributed by atoms with Gasteiger partial charge < -0.3 is 19.3 Å². The van der Waals surface area contributed by atoms with Gasteiger partial charge in [0.25, 0.3) is 0 Å². The van der Waals surface area contributed by atoms with Crippen LogP contribution in [0.4, 0.5) is 5.69 Å². The predicted molar refractivity (Wildman–Crippen MR) is 144 cm³/mol. The molecule has 1 N–H and O–H groups in total. The summed E-state index contributed by atoms with van der Waals surface area (Å²) in [6, 6.07) is 22.5. The fourth-order valence-electron chi connectivity index (χ4n) is 4.45. The van der Waals surface area contributed by atoms with Gasteiger partial charge in [0, 0.05) is 26.2 Å². The van der Waals surface area contributed by atoms with Gasteiger partial charge in [-0.15, -0.1) is 0 Å². The molecule has 0 aromatic heterocycles. The summed E-state index contributed by atoms with van der Waals surface area (Å²) in [6.07, 6.45) is 0.253. The Bertz CT molecular complexity index is 1270. The summed E-state index contributed by atoms with van der Waals surface area (Å²) in [4.78, 5) is 17.7. The highest BCUT2D eigenvalue weighted by molar-refractivity contribution is 7.89. The summed E-state index contributed by atoms with van der Waals surface area (Å²) in [5.74, 6) is 1.14. The molecular weight excluding hydrogens is 490 g/mol. The van der Waals surface area contributed by atoms with E-state index in [1.807, 2.05) is 61.5 Å². The summed E-state index contributed by atoms with van der Waals surface area (Å²) in [5.41, 5.74) is 1.86. The van der Waals surface area contributed by atoms with Gasteiger partial charge in [0.15, 0.2) is 0 Å². The van der Waals surface area contributed by atoms with Gasteiger partial charge in [0.05, 0.1) is 24.3 Å². The van der Waals surface area contributed by atoms with E-state index >= 15 is 0 Å². The van der Waals surface area contributed by atoms with Gasteiger partial charge in [-0.3, -0.25) is 4.79 Å². The van der Waals surface area contributed by atoms with E-state index in [0.717, 1.165) is 17.0 Å². The standard InChI is InChI=1S/C28H33N3O5S/c1-3-36-23-13-15-24(16-14-23)37(33,34)29-25(21-22-9-5-4-6-10-22)28(32)31-19-17-30(18-20-31)26-11-7-8-12-27(26)35-2/h4-16,25,29H,3,17-21H2,1-2H3. The molecule has 0 radical (unpaired) electrons. The first-order valence-corrected chi connectivity index (χ1v) is 13.9. The van der Waals surface area contributed by atoms with Crippen LogP contribution in [0.1, 0.15) is 12.5 Å². The highest BCUT2D eigenvalue weighted by atomic mass is 32.2. The summed E-state index contributed by atoms with van der Waals surface area (Å²) < 4.78 is 40.1. The topological polar surface area (TPSA) is 88.2 Å². The Hall–Kier alpha value is -3.56. The summed E-state index contributed by atoms with van der Waals surface area (Å²) in [7, 11) is -2.30. The summed E-state index contributed by atoms with van der Waals surface area (Å²) >= 11 is 0. The maximum absolute atomic E-state index is 13.7. The molecule has 4 rings (SSSR count).